The number of hydrogen-bond acceptors (Lipinski definition) is 3. The summed E-state index contributed by atoms with van der Waals surface area (Å²) in [5.41, 5.74) is 4.08. The average Bonchev–Trinajstić information content (AvgIpc) is 2.72. The number of carbonyl (C=O) groups is 1. The molecule has 0 bridgehead atoms. The monoisotopic (exact) mass is 239 g/mol. The van der Waals surface area contributed by atoms with E-state index >= 15 is 0 Å². The number of ether oxygens (including phenoxy) is 1. The number of rotatable bonds is 2. The van der Waals surface area contributed by atoms with Crippen LogP contribution in [0.3, 0.4) is 0 Å². The molecule has 1 atom stereocenters. The summed E-state index contributed by atoms with van der Waals surface area (Å²) in [5.74, 6) is -0.275. The molecule has 3 nitrogen and oxygen atoms in total. The maximum atomic E-state index is 11.5. The molecule has 0 radical (unpaired) electrons. The lowest BCUT2D eigenvalue weighted by molar-refractivity contribution is 0.0600. The molecule has 86 valence electrons. The number of esters is 1. The Morgan fingerprint density at radius 1 is 1.56 bits per heavy atom. The zero-order valence-electron chi connectivity index (χ0n) is 9.34. The summed E-state index contributed by atoms with van der Waals surface area (Å²) < 4.78 is 4.75. The molecule has 0 saturated heterocycles. The van der Waals surface area contributed by atoms with Crippen molar-refractivity contribution < 1.29 is 9.53 Å². The molecule has 0 saturated carbocycles. The molecule has 1 aliphatic rings. The Hall–Kier alpha value is -1.06. The maximum Gasteiger partial charge on any atom is 0.338 e. The van der Waals surface area contributed by atoms with Crippen LogP contribution < -0.4 is 4.84 Å². The number of nitrogens with one attached hydrogen (secondary N) is 1. The molecule has 1 aliphatic carbocycles. The van der Waals surface area contributed by atoms with Crippen LogP contribution in [0.4, 0.5) is 0 Å². The van der Waals surface area contributed by atoms with Gasteiger partial charge in [0, 0.05) is 6.04 Å². The van der Waals surface area contributed by atoms with E-state index in [1.54, 1.807) is 0 Å². The molecule has 0 heterocycles. The Morgan fingerprint density at radius 2 is 2.31 bits per heavy atom. The van der Waals surface area contributed by atoms with Crippen molar-refractivity contribution in [1.82, 2.24) is 4.84 Å². The second-order valence-corrected chi connectivity index (χ2v) is 4.22. The first-order valence-corrected chi connectivity index (χ1v) is 5.63. The van der Waals surface area contributed by atoms with E-state index in [2.05, 4.69) is 4.84 Å². The van der Waals surface area contributed by atoms with Gasteiger partial charge in [-0.05, 0) is 54.3 Å². The van der Waals surface area contributed by atoms with Crippen LogP contribution in [0.1, 0.15) is 39.5 Å². The molecule has 0 fully saturated rings. The van der Waals surface area contributed by atoms with Gasteiger partial charge in [0.2, 0.25) is 0 Å². The summed E-state index contributed by atoms with van der Waals surface area (Å²) in [6.07, 6.45) is 1.93. The number of methoxy groups -OCH3 is 1. The molecule has 0 amide bonds. The van der Waals surface area contributed by atoms with Crippen LogP contribution in [0.2, 0.25) is 0 Å². The largest absolute Gasteiger partial charge is 0.465 e. The van der Waals surface area contributed by atoms with Crippen molar-refractivity contribution in [2.24, 2.45) is 0 Å². The fourth-order valence-electron chi connectivity index (χ4n) is 2.32. The molecular weight excluding hydrogens is 226 g/mol. The first-order chi connectivity index (χ1) is 7.69. The quantitative estimate of drug-likeness (QED) is 0.637. The van der Waals surface area contributed by atoms with Gasteiger partial charge >= 0.3 is 5.97 Å². The Balaban J connectivity index is 2.46. The zero-order valence-corrected chi connectivity index (χ0v) is 10.1. The normalized spacial score (nSPS) is 18.3. The number of benzene rings is 1. The SMILES string of the molecule is COC(=O)c1ccc2c(c1C)CC[C@@H]2NCl. The highest BCUT2D eigenvalue weighted by Gasteiger charge is 2.25. The summed E-state index contributed by atoms with van der Waals surface area (Å²) in [5, 5.41) is 0. The Labute approximate surface area is 99.9 Å². The van der Waals surface area contributed by atoms with Crippen LogP contribution in [0.5, 0.6) is 0 Å². The molecule has 1 aromatic rings. The molecule has 0 spiro atoms. The van der Waals surface area contributed by atoms with E-state index in [9.17, 15) is 4.79 Å². The summed E-state index contributed by atoms with van der Waals surface area (Å²) in [7, 11) is 1.40. The van der Waals surface area contributed by atoms with Crippen LogP contribution >= 0.6 is 11.8 Å². The summed E-state index contributed by atoms with van der Waals surface area (Å²) in [4.78, 5) is 14.3. The number of fused-ring (bicyclic) bond motifs is 1. The Morgan fingerprint density at radius 3 is 2.94 bits per heavy atom. The van der Waals surface area contributed by atoms with E-state index in [1.165, 1.54) is 18.2 Å². The van der Waals surface area contributed by atoms with E-state index < -0.39 is 0 Å². The number of halogens is 1. The van der Waals surface area contributed by atoms with Gasteiger partial charge in [0.1, 0.15) is 0 Å². The third-order valence-electron chi connectivity index (χ3n) is 3.23. The molecule has 2 rings (SSSR count). The molecule has 1 aromatic carbocycles. The highest BCUT2D eigenvalue weighted by molar-refractivity contribution is 6.13. The maximum absolute atomic E-state index is 11.5. The first-order valence-electron chi connectivity index (χ1n) is 5.26. The molecule has 0 aliphatic heterocycles. The van der Waals surface area contributed by atoms with Crippen LogP contribution in [0.15, 0.2) is 12.1 Å². The van der Waals surface area contributed by atoms with Gasteiger partial charge in [-0.25, -0.2) is 9.63 Å². The minimum Gasteiger partial charge on any atom is -0.465 e. The van der Waals surface area contributed by atoms with Crippen molar-refractivity contribution in [1.29, 1.82) is 0 Å². The second kappa shape index (κ2) is 4.44. The van der Waals surface area contributed by atoms with Crippen LogP contribution in [-0.4, -0.2) is 13.1 Å². The van der Waals surface area contributed by atoms with Crippen LogP contribution in [0.25, 0.3) is 0 Å². The van der Waals surface area contributed by atoms with Gasteiger partial charge in [0.15, 0.2) is 0 Å². The molecular formula is C12H14ClNO2. The van der Waals surface area contributed by atoms with Gasteiger partial charge in [-0.3, -0.25) is 0 Å². The Kier molecular flexibility index (Phi) is 3.17. The fraction of sp³-hybridized carbons (Fsp3) is 0.417. The number of carbonyl (C=O) groups excluding carboxylic acids is 1. The first kappa shape index (κ1) is 11.4. The third-order valence-corrected chi connectivity index (χ3v) is 3.49. The van der Waals surface area contributed by atoms with Gasteiger partial charge in [-0.1, -0.05) is 6.07 Å². The van der Waals surface area contributed by atoms with E-state index in [0.29, 0.717) is 5.56 Å². The van der Waals surface area contributed by atoms with Gasteiger partial charge in [-0.15, -0.1) is 0 Å². The predicted molar refractivity (Wildman–Crippen MR) is 62.6 cm³/mol. The van der Waals surface area contributed by atoms with E-state index in [0.717, 1.165) is 18.4 Å². The smallest absolute Gasteiger partial charge is 0.338 e. The van der Waals surface area contributed by atoms with E-state index in [-0.39, 0.29) is 12.0 Å². The zero-order chi connectivity index (χ0) is 11.7. The van der Waals surface area contributed by atoms with Crippen LogP contribution in [0, 0.1) is 6.92 Å². The lowest BCUT2D eigenvalue weighted by Gasteiger charge is -2.11. The van der Waals surface area contributed by atoms with Crippen LogP contribution in [-0.2, 0) is 11.2 Å². The molecule has 16 heavy (non-hydrogen) atoms. The third kappa shape index (κ3) is 1.70. The fourth-order valence-corrected chi connectivity index (χ4v) is 2.55. The van der Waals surface area contributed by atoms with Crippen molar-refractivity contribution in [2.75, 3.05) is 7.11 Å². The molecule has 0 aromatic heterocycles. The van der Waals surface area contributed by atoms with Gasteiger partial charge in [0.25, 0.3) is 0 Å². The van der Waals surface area contributed by atoms with E-state index in [1.807, 2.05) is 19.1 Å². The summed E-state index contributed by atoms with van der Waals surface area (Å²) >= 11 is 5.68. The predicted octanol–water partition coefficient (Wildman–Crippen LogP) is 2.51. The lowest BCUT2D eigenvalue weighted by Crippen LogP contribution is -2.09. The van der Waals surface area contributed by atoms with Gasteiger partial charge in [-0.2, -0.15) is 0 Å². The van der Waals surface area contributed by atoms with Crippen molar-refractivity contribution in [2.45, 2.75) is 25.8 Å². The van der Waals surface area contributed by atoms with E-state index in [4.69, 9.17) is 16.5 Å². The van der Waals surface area contributed by atoms with Crippen molar-refractivity contribution in [3.05, 3.63) is 34.4 Å². The minimum absolute atomic E-state index is 0.196. The minimum atomic E-state index is -0.275. The topological polar surface area (TPSA) is 38.3 Å². The number of hydrogen-bond donors (Lipinski definition) is 1. The van der Waals surface area contributed by atoms with Crippen molar-refractivity contribution in [3.8, 4) is 0 Å². The molecule has 4 heteroatoms. The average molecular weight is 240 g/mol. The lowest BCUT2D eigenvalue weighted by atomic mass is 9.98. The van der Waals surface area contributed by atoms with Gasteiger partial charge in [0.05, 0.1) is 12.7 Å². The molecule has 0 unspecified atom stereocenters. The second-order valence-electron chi connectivity index (χ2n) is 4.00. The highest BCUT2D eigenvalue weighted by Crippen LogP contribution is 2.34. The van der Waals surface area contributed by atoms with Gasteiger partial charge < -0.3 is 4.74 Å². The Bertz CT molecular complexity index is 431. The summed E-state index contributed by atoms with van der Waals surface area (Å²) in [6, 6.07) is 3.97. The van der Waals surface area contributed by atoms with Crippen molar-refractivity contribution >= 4 is 17.7 Å². The highest BCUT2D eigenvalue weighted by atomic mass is 35.5. The standard InChI is InChI=1S/C12H14ClNO2/c1-7-8-5-6-11(14-13)10(8)4-3-9(7)12(15)16-2/h3-4,11,14H,5-6H2,1-2H3/t11-/m0/s1. The molecule has 1 N–H and O–H groups in total. The summed E-state index contributed by atoms with van der Waals surface area (Å²) in [6.45, 7) is 1.96. The van der Waals surface area contributed by atoms with Crippen molar-refractivity contribution in [3.63, 3.8) is 0 Å².